The van der Waals surface area contributed by atoms with Crippen molar-refractivity contribution in [3.63, 3.8) is 0 Å². The number of amides is 2. The first-order valence-electron chi connectivity index (χ1n) is 13.5. The number of anilines is 2. The highest BCUT2D eigenvalue weighted by molar-refractivity contribution is 6.06. The largest absolute Gasteiger partial charge is 0.437 e. The summed E-state index contributed by atoms with van der Waals surface area (Å²) >= 11 is 0. The van der Waals surface area contributed by atoms with Crippen LogP contribution in [0.3, 0.4) is 0 Å². The monoisotopic (exact) mass is 533 g/mol. The molecular weight excluding hydrogens is 498 g/mol. The summed E-state index contributed by atoms with van der Waals surface area (Å²) in [6.45, 7) is 2.67. The maximum absolute atomic E-state index is 13.3. The SMILES string of the molecule is N/C=C\C(N)=NC(=O)c1cc(NCC2CC2)cc(Oc2cnc(N(CC3CC3)C(=O)C3CCOCC3)cn2)c1. The molecule has 5 N–H and O–H groups in total. The maximum atomic E-state index is 13.3. The van der Waals surface area contributed by atoms with E-state index < -0.39 is 5.91 Å². The van der Waals surface area contributed by atoms with E-state index >= 15 is 0 Å². The zero-order valence-electron chi connectivity index (χ0n) is 21.9. The second kappa shape index (κ2) is 12.2. The van der Waals surface area contributed by atoms with Gasteiger partial charge < -0.3 is 26.3 Å². The summed E-state index contributed by atoms with van der Waals surface area (Å²) < 4.78 is 11.4. The number of aliphatic imine (C=N–C) groups is 1. The normalized spacial score (nSPS) is 18.2. The van der Waals surface area contributed by atoms with Crippen LogP contribution in [0.2, 0.25) is 0 Å². The third-order valence-corrected chi connectivity index (χ3v) is 7.03. The zero-order chi connectivity index (χ0) is 27.2. The van der Waals surface area contributed by atoms with Crippen LogP contribution in [0.15, 0.2) is 47.9 Å². The van der Waals surface area contributed by atoms with Gasteiger partial charge in [0, 0.05) is 49.5 Å². The zero-order valence-corrected chi connectivity index (χ0v) is 21.9. The molecule has 39 heavy (non-hydrogen) atoms. The van der Waals surface area contributed by atoms with E-state index in [0.29, 0.717) is 48.7 Å². The number of nitrogens with one attached hydrogen (secondary N) is 1. The van der Waals surface area contributed by atoms with Crippen LogP contribution in [-0.4, -0.2) is 53.9 Å². The van der Waals surface area contributed by atoms with Gasteiger partial charge in [-0.25, -0.2) is 9.97 Å². The van der Waals surface area contributed by atoms with E-state index in [1.807, 2.05) is 0 Å². The number of hydrogen-bond acceptors (Lipinski definition) is 8. The second-order valence-corrected chi connectivity index (χ2v) is 10.4. The van der Waals surface area contributed by atoms with Crippen molar-refractivity contribution >= 4 is 29.2 Å². The van der Waals surface area contributed by atoms with Gasteiger partial charge in [0.1, 0.15) is 11.6 Å². The van der Waals surface area contributed by atoms with Gasteiger partial charge in [-0.1, -0.05) is 0 Å². The van der Waals surface area contributed by atoms with Crippen LogP contribution in [0, 0.1) is 17.8 Å². The van der Waals surface area contributed by atoms with E-state index in [2.05, 4.69) is 20.3 Å². The molecule has 1 saturated heterocycles. The molecule has 2 aromatic rings. The lowest BCUT2D eigenvalue weighted by Gasteiger charge is -2.28. The van der Waals surface area contributed by atoms with E-state index in [9.17, 15) is 9.59 Å². The highest BCUT2D eigenvalue weighted by Crippen LogP contribution is 2.33. The van der Waals surface area contributed by atoms with Gasteiger partial charge >= 0.3 is 0 Å². The number of carbonyl (C=O) groups is 2. The fourth-order valence-electron chi connectivity index (χ4n) is 4.43. The molecule has 5 rings (SSSR count). The Morgan fingerprint density at radius 2 is 1.85 bits per heavy atom. The van der Waals surface area contributed by atoms with Gasteiger partial charge in [0.2, 0.25) is 11.8 Å². The van der Waals surface area contributed by atoms with Gasteiger partial charge in [0.05, 0.1) is 12.4 Å². The number of aromatic nitrogens is 2. The minimum Gasteiger partial charge on any atom is -0.437 e. The molecule has 0 spiro atoms. The number of nitrogens with zero attached hydrogens (tertiary/aromatic N) is 4. The van der Waals surface area contributed by atoms with Crippen LogP contribution < -0.4 is 26.4 Å². The van der Waals surface area contributed by atoms with Crippen molar-refractivity contribution in [1.29, 1.82) is 0 Å². The third kappa shape index (κ3) is 7.53. The Balaban J connectivity index is 1.33. The summed E-state index contributed by atoms with van der Waals surface area (Å²) in [5, 5.41) is 3.36. The maximum Gasteiger partial charge on any atom is 0.279 e. The van der Waals surface area contributed by atoms with Crippen molar-refractivity contribution in [2.24, 2.45) is 34.2 Å². The van der Waals surface area contributed by atoms with Gasteiger partial charge in [0.15, 0.2) is 5.82 Å². The van der Waals surface area contributed by atoms with Gasteiger partial charge in [-0.15, -0.1) is 0 Å². The van der Waals surface area contributed by atoms with Crippen molar-refractivity contribution in [2.45, 2.75) is 38.5 Å². The number of rotatable bonds is 11. The summed E-state index contributed by atoms with van der Waals surface area (Å²) in [5.74, 6) is 1.81. The average molecular weight is 534 g/mol. The number of ether oxygens (including phenoxy) is 2. The van der Waals surface area contributed by atoms with Crippen LogP contribution in [0.25, 0.3) is 0 Å². The molecule has 1 aromatic heterocycles. The first-order chi connectivity index (χ1) is 19.0. The molecule has 0 unspecified atom stereocenters. The highest BCUT2D eigenvalue weighted by atomic mass is 16.5. The Hall–Kier alpha value is -3.99. The number of benzene rings is 1. The fraction of sp³-hybridized carbons (Fsp3) is 0.464. The fourth-order valence-corrected chi connectivity index (χ4v) is 4.43. The molecule has 2 amide bonds. The summed E-state index contributed by atoms with van der Waals surface area (Å²) in [7, 11) is 0. The molecule has 11 nitrogen and oxygen atoms in total. The summed E-state index contributed by atoms with van der Waals surface area (Å²) in [6, 6.07) is 5.10. The van der Waals surface area contributed by atoms with Crippen LogP contribution >= 0.6 is 0 Å². The first kappa shape index (κ1) is 26.6. The highest BCUT2D eigenvalue weighted by Gasteiger charge is 2.33. The summed E-state index contributed by atoms with van der Waals surface area (Å²) in [4.78, 5) is 40.7. The third-order valence-electron chi connectivity index (χ3n) is 7.03. The quantitative estimate of drug-likeness (QED) is 0.291. The molecule has 2 saturated carbocycles. The second-order valence-electron chi connectivity index (χ2n) is 10.4. The number of amidine groups is 1. The molecule has 2 heterocycles. The number of carbonyl (C=O) groups excluding carboxylic acids is 2. The van der Waals surface area contributed by atoms with Crippen LogP contribution in [-0.2, 0) is 9.53 Å². The minimum absolute atomic E-state index is 0.00816. The molecule has 0 atom stereocenters. The van der Waals surface area contributed by atoms with Gasteiger partial charge in [0.25, 0.3) is 5.91 Å². The van der Waals surface area contributed by atoms with Crippen molar-refractivity contribution in [3.05, 3.63) is 48.4 Å². The van der Waals surface area contributed by atoms with Crippen LogP contribution in [0.1, 0.15) is 48.9 Å². The Morgan fingerprint density at radius 3 is 2.51 bits per heavy atom. The predicted molar refractivity (Wildman–Crippen MR) is 148 cm³/mol. The predicted octanol–water partition coefficient (Wildman–Crippen LogP) is 3.23. The van der Waals surface area contributed by atoms with Crippen molar-refractivity contribution in [3.8, 4) is 11.6 Å². The smallest absolute Gasteiger partial charge is 0.279 e. The van der Waals surface area contributed by atoms with Crippen molar-refractivity contribution in [2.75, 3.05) is 36.5 Å². The van der Waals surface area contributed by atoms with E-state index in [-0.39, 0.29) is 23.5 Å². The van der Waals surface area contributed by atoms with E-state index in [0.717, 1.165) is 37.9 Å². The number of hydrogen-bond donors (Lipinski definition) is 3. The molecule has 0 bridgehead atoms. The minimum atomic E-state index is -0.519. The Labute approximate surface area is 227 Å². The topological polar surface area (TPSA) is 158 Å². The lowest BCUT2D eigenvalue weighted by atomic mass is 9.98. The van der Waals surface area contributed by atoms with Crippen LogP contribution in [0.5, 0.6) is 11.6 Å². The molecule has 206 valence electrons. The van der Waals surface area contributed by atoms with E-state index in [4.69, 9.17) is 20.9 Å². The Kier molecular flexibility index (Phi) is 8.36. The van der Waals surface area contributed by atoms with Crippen molar-refractivity contribution < 1.29 is 19.1 Å². The molecule has 1 aliphatic heterocycles. The number of nitrogens with two attached hydrogens (primary N) is 2. The summed E-state index contributed by atoms with van der Waals surface area (Å²) in [5.41, 5.74) is 12.1. The molecule has 2 aliphatic carbocycles. The molecule has 3 fully saturated rings. The van der Waals surface area contributed by atoms with Crippen molar-refractivity contribution in [1.82, 2.24) is 9.97 Å². The molecule has 11 heteroatoms. The lowest BCUT2D eigenvalue weighted by molar-refractivity contribution is -0.125. The van der Waals surface area contributed by atoms with Crippen LogP contribution in [0.4, 0.5) is 11.5 Å². The molecule has 1 aromatic carbocycles. The molecule has 3 aliphatic rings. The average Bonchev–Trinajstić information content (AvgIpc) is 3.87. The molecule has 0 radical (unpaired) electrons. The lowest BCUT2D eigenvalue weighted by Crippen LogP contribution is -2.40. The van der Waals surface area contributed by atoms with Gasteiger partial charge in [-0.3, -0.25) is 14.5 Å². The van der Waals surface area contributed by atoms with E-state index in [1.165, 1.54) is 31.3 Å². The summed E-state index contributed by atoms with van der Waals surface area (Å²) in [6.07, 6.45) is 11.7. The van der Waals surface area contributed by atoms with E-state index in [1.54, 1.807) is 29.3 Å². The van der Waals surface area contributed by atoms with Gasteiger partial charge in [-0.05, 0) is 74.8 Å². The first-order valence-corrected chi connectivity index (χ1v) is 13.5. The Bertz CT molecular complexity index is 1230. The standard InChI is InChI=1S/C28H35N7O4/c29-8-5-24(30)34-27(36)21-11-22(31-14-18-1-2-18)13-23(12-21)39-26-16-32-25(15-33-26)35(17-19-3-4-19)28(37)20-6-9-38-10-7-20/h5,8,11-13,15-16,18-20,31H,1-4,6-7,9-10,14,17,29H2,(H2,30,34,36)/b8-5-. The molecular formula is C28H35N7O4. The van der Waals surface area contributed by atoms with Gasteiger partial charge in [-0.2, -0.15) is 4.99 Å². The Morgan fingerprint density at radius 1 is 1.08 bits per heavy atom.